The number of nitrogen functional groups attached to an aromatic ring is 1. The van der Waals surface area contributed by atoms with Gasteiger partial charge in [-0.2, -0.15) is 0 Å². The summed E-state index contributed by atoms with van der Waals surface area (Å²) in [6.45, 7) is 4.22. The largest absolute Gasteiger partial charge is 0.508 e. The molecule has 18 heavy (non-hydrogen) atoms. The number of hydrogen-bond donors (Lipinski definition) is 2. The van der Waals surface area contributed by atoms with Gasteiger partial charge in [0.15, 0.2) is 0 Å². The fourth-order valence-electron chi connectivity index (χ4n) is 2.26. The average molecular weight is 242 g/mol. The van der Waals surface area contributed by atoms with Gasteiger partial charge >= 0.3 is 0 Å². The highest BCUT2D eigenvalue weighted by Crippen LogP contribution is 2.24. The molecule has 94 valence electrons. The van der Waals surface area contributed by atoms with E-state index in [0.717, 1.165) is 17.7 Å². The lowest BCUT2D eigenvalue weighted by molar-refractivity contribution is 0.471. The third kappa shape index (κ3) is 2.48. The summed E-state index contributed by atoms with van der Waals surface area (Å²) >= 11 is 0. The van der Waals surface area contributed by atoms with Crippen molar-refractivity contribution in [2.24, 2.45) is 0 Å². The standard InChI is InChI=1S/C16H19NO/c1-10-7-14(17)8-11(2)15(10)9-13-4-5-16(18)12(3)6-13/h4-8,18H,9,17H2,1-3H3/i3D. The molecule has 3 N–H and O–H groups in total. The molecule has 0 aliphatic rings. The summed E-state index contributed by atoms with van der Waals surface area (Å²) < 4.78 is 7.40. The van der Waals surface area contributed by atoms with E-state index in [1.165, 1.54) is 16.7 Å². The van der Waals surface area contributed by atoms with E-state index in [-0.39, 0.29) is 12.6 Å². The number of aryl methyl sites for hydroxylation is 3. The SMILES string of the molecule is [2H]Cc1cc(Cc2c(C)cc(N)cc2C)ccc1O. The number of phenolic OH excluding ortho intramolecular Hbond substituents is 1. The molecule has 0 fully saturated rings. The first-order valence-electron chi connectivity index (χ1n) is 6.67. The molecule has 0 aliphatic carbocycles. The Morgan fingerprint density at radius 3 is 2.39 bits per heavy atom. The lowest BCUT2D eigenvalue weighted by atomic mass is 9.95. The van der Waals surface area contributed by atoms with Crippen molar-refractivity contribution < 1.29 is 6.48 Å². The fourth-order valence-corrected chi connectivity index (χ4v) is 2.26. The maximum Gasteiger partial charge on any atom is 0.118 e. The van der Waals surface area contributed by atoms with Gasteiger partial charge in [0, 0.05) is 7.06 Å². The first kappa shape index (κ1) is 11.1. The summed E-state index contributed by atoms with van der Waals surface area (Å²) in [5.41, 5.74) is 12.0. The van der Waals surface area contributed by atoms with Crippen LogP contribution >= 0.6 is 0 Å². The van der Waals surface area contributed by atoms with Crippen molar-refractivity contribution in [2.45, 2.75) is 27.2 Å². The van der Waals surface area contributed by atoms with Crippen molar-refractivity contribution in [2.75, 3.05) is 5.73 Å². The van der Waals surface area contributed by atoms with E-state index in [4.69, 9.17) is 7.10 Å². The molecule has 0 aliphatic heterocycles. The Morgan fingerprint density at radius 1 is 1.11 bits per heavy atom. The van der Waals surface area contributed by atoms with Gasteiger partial charge in [-0.15, -0.1) is 0 Å². The molecule has 0 heterocycles. The fraction of sp³-hybridized carbons (Fsp3) is 0.250. The number of benzene rings is 2. The van der Waals surface area contributed by atoms with Gasteiger partial charge in [0.25, 0.3) is 0 Å². The third-order valence-electron chi connectivity index (χ3n) is 3.24. The monoisotopic (exact) mass is 242 g/mol. The van der Waals surface area contributed by atoms with Crippen LogP contribution in [-0.4, -0.2) is 5.11 Å². The van der Waals surface area contributed by atoms with Gasteiger partial charge in [0.05, 0.1) is 0 Å². The van der Waals surface area contributed by atoms with E-state index < -0.39 is 0 Å². The second-order valence-electron chi connectivity index (χ2n) is 4.77. The topological polar surface area (TPSA) is 46.2 Å². The summed E-state index contributed by atoms with van der Waals surface area (Å²) in [5.74, 6) is 0.199. The molecule has 0 bridgehead atoms. The van der Waals surface area contributed by atoms with Crippen molar-refractivity contribution in [3.63, 3.8) is 0 Å². The van der Waals surface area contributed by atoms with E-state index in [2.05, 4.69) is 13.8 Å². The van der Waals surface area contributed by atoms with Crippen molar-refractivity contribution in [3.8, 4) is 5.75 Å². The molecule has 0 amide bonds. The molecule has 2 heteroatoms. The van der Waals surface area contributed by atoms with Crippen LogP contribution in [0.1, 0.15) is 29.2 Å². The lowest BCUT2D eigenvalue weighted by Gasteiger charge is -2.12. The van der Waals surface area contributed by atoms with Crippen molar-refractivity contribution in [1.29, 1.82) is 0 Å². The Bertz CT molecular complexity index is 585. The van der Waals surface area contributed by atoms with Crippen LogP contribution in [0, 0.1) is 20.7 Å². The minimum absolute atomic E-state index is 0.0966. The maximum absolute atomic E-state index is 9.61. The first-order chi connectivity index (χ1) is 9.01. The molecule has 2 aromatic rings. The zero-order chi connectivity index (χ0) is 14.0. The number of rotatable bonds is 2. The summed E-state index contributed by atoms with van der Waals surface area (Å²) in [6.07, 6.45) is 0.797. The Kier molecular flexibility index (Phi) is 2.93. The Balaban J connectivity index is 2.36. The Morgan fingerprint density at radius 2 is 1.78 bits per heavy atom. The lowest BCUT2D eigenvalue weighted by Crippen LogP contribution is -1.98. The molecule has 0 saturated carbocycles. The van der Waals surface area contributed by atoms with E-state index in [1.807, 2.05) is 24.3 Å². The summed E-state index contributed by atoms with van der Waals surface area (Å²) in [6, 6.07) is 9.44. The zero-order valence-corrected chi connectivity index (χ0v) is 10.8. The minimum Gasteiger partial charge on any atom is -0.508 e. The molecule has 0 aromatic heterocycles. The highest BCUT2D eigenvalue weighted by Gasteiger charge is 2.06. The van der Waals surface area contributed by atoms with Gasteiger partial charge in [0.2, 0.25) is 0 Å². The molecule has 2 rings (SSSR count). The highest BCUT2D eigenvalue weighted by molar-refractivity contribution is 5.50. The van der Waals surface area contributed by atoms with Crippen LogP contribution in [0.4, 0.5) is 5.69 Å². The van der Waals surface area contributed by atoms with Crippen molar-refractivity contribution in [3.05, 3.63) is 58.1 Å². The smallest absolute Gasteiger partial charge is 0.118 e. The predicted octanol–water partition coefficient (Wildman–Crippen LogP) is 3.49. The van der Waals surface area contributed by atoms with E-state index in [1.54, 1.807) is 6.07 Å². The summed E-state index contributed by atoms with van der Waals surface area (Å²) in [5, 5.41) is 9.61. The van der Waals surface area contributed by atoms with Crippen LogP contribution in [0.2, 0.25) is 0 Å². The molecule has 0 unspecified atom stereocenters. The first-order valence-corrected chi connectivity index (χ1v) is 5.97. The van der Waals surface area contributed by atoms with Crippen LogP contribution < -0.4 is 5.73 Å². The minimum atomic E-state index is 0.0966. The van der Waals surface area contributed by atoms with E-state index in [0.29, 0.717) is 5.56 Å². The number of phenols is 1. The van der Waals surface area contributed by atoms with Crippen LogP contribution in [0.3, 0.4) is 0 Å². The van der Waals surface area contributed by atoms with Crippen molar-refractivity contribution >= 4 is 5.69 Å². The molecule has 0 spiro atoms. The number of nitrogens with two attached hydrogens (primary N) is 1. The molecule has 2 nitrogen and oxygen atoms in total. The second kappa shape index (κ2) is 4.73. The number of aromatic hydroxyl groups is 1. The summed E-state index contributed by atoms with van der Waals surface area (Å²) in [7, 11) is 0. The van der Waals surface area contributed by atoms with Crippen LogP contribution in [0.5, 0.6) is 5.75 Å². The van der Waals surface area contributed by atoms with Crippen LogP contribution in [0.15, 0.2) is 30.3 Å². The quantitative estimate of drug-likeness (QED) is 0.792. The van der Waals surface area contributed by atoms with Crippen LogP contribution in [-0.2, 0) is 6.42 Å². The van der Waals surface area contributed by atoms with Gasteiger partial charge < -0.3 is 10.8 Å². The Labute approximate surface area is 109 Å². The molecular weight excluding hydrogens is 222 g/mol. The van der Waals surface area contributed by atoms with E-state index >= 15 is 0 Å². The zero-order valence-electron chi connectivity index (χ0n) is 11.8. The molecule has 2 aromatic carbocycles. The molecule has 0 saturated heterocycles. The van der Waals surface area contributed by atoms with Gasteiger partial charge in [-0.05, 0) is 73.2 Å². The second-order valence-corrected chi connectivity index (χ2v) is 4.77. The maximum atomic E-state index is 9.61. The molecule has 0 atom stereocenters. The van der Waals surface area contributed by atoms with Crippen molar-refractivity contribution in [1.82, 2.24) is 0 Å². The normalized spacial score (nSPS) is 11.3. The Hall–Kier alpha value is -1.96. The number of hydrogen-bond acceptors (Lipinski definition) is 2. The molecule has 0 radical (unpaired) electrons. The van der Waals surface area contributed by atoms with Crippen LogP contribution in [0.25, 0.3) is 0 Å². The predicted molar refractivity (Wildman–Crippen MR) is 76.0 cm³/mol. The van der Waals surface area contributed by atoms with Gasteiger partial charge in [-0.25, -0.2) is 0 Å². The van der Waals surface area contributed by atoms with E-state index in [9.17, 15) is 5.11 Å². The average Bonchev–Trinajstić information content (AvgIpc) is 2.35. The highest BCUT2D eigenvalue weighted by atomic mass is 16.3. The summed E-state index contributed by atoms with van der Waals surface area (Å²) in [4.78, 5) is 0. The number of anilines is 1. The van der Waals surface area contributed by atoms with Gasteiger partial charge in [0.1, 0.15) is 5.75 Å². The van der Waals surface area contributed by atoms with Gasteiger partial charge in [-0.3, -0.25) is 0 Å². The van der Waals surface area contributed by atoms with Gasteiger partial charge in [-0.1, -0.05) is 12.1 Å². The third-order valence-corrected chi connectivity index (χ3v) is 3.24. The molecular formula is C16H19NO.